The average Bonchev–Trinajstić information content (AvgIpc) is 2.75. The van der Waals surface area contributed by atoms with Crippen molar-refractivity contribution in [2.24, 2.45) is 5.92 Å². The van der Waals surface area contributed by atoms with Crippen LogP contribution in [0.2, 0.25) is 0 Å². The molecule has 3 heteroatoms. The first-order valence-corrected chi connectivity index (χ1v) is 6.17. The van der Waals surface area contributed by atoms with E-state index in [-0.39, 0.29) is 0 Å². The molecule has 0 aliphatic carbocycles. The van der Waals surface area contributed by atoms with Crippen LogP contribution in [0.4, 0.5) is 5.69 Å². The van der Waals surface area contributed by atoms with Crippen molar-refractivity contribution in [3.05, 3.63) is 24.0 Å². The SMILES string of the molecule is CCNCC1CCN(c2cnccc2C)C1. The van der Waals surface area contributed by atoms with Gasteiger partial charge in [-0.25, -0.2) is 0 Å². The van der Waals surface area contributed by atoms with Crippen LogP contribution in [-0.2, 0) is 0 Å². The van der Waals surface area contributed by atoms with E-state index in [0.717, 1.165) is 19.0 Å². The number of aromatic nitrogens is 1. The van der Waals surface area contributed by atoms with Crippen molar-refractivity contribution in [2.75, 3.05) is 31.1 Å². The first-order valence-electron chi connectivity index (χ1n) is 6.17. The highest BCUT2D eigenvalue weighted by Crippen LogP contribution is 2.25. The minimum absolute atomic E-state index is 0.791. The van der Waals surface area contributed by atoms with Gasteiger partial charge in [-0.15, -0.1) is 0 Å². The summed E-state index contributed by atoms with van der Waals surface area (Å²) in [5.74, 6) is 0.791. The van der Waals surface area contributed by atoms with Crippen molar-refractivity contribution in [3.8, 4) is 0 Å². The highest BCUT2D eigenvalue weighted by molar-refractivity contribution is 5.51. The molecule has 1 aromatic rings. The fourth-order valence-electron chi connectivity index (χ4n) is 2.35. The maximum atomic E-state index is 4.22. The lowest BCUT2D eigenvalue weighted by Gasteiger charge is -2.20. The van der Waals surface area contributed by atoms with Gasteiger partial charge in [0, 0.05) is 19.3 Å². The van der Waals surface area contributed by atoms with Crippen molar-refractivity contribution < 1.29 is 0 Å². The van der Waals surface area contributed by atoms with Gasteiger partial charge in [0.2, 0.25) is 0 Å². The zero-order valence-electron chi connectivity index (χ0n) is 10.2. The number of anilines is 1. The largest absolute Gasteiger partial charge is 0.370 e. The average molecular weight is 219 g/mol. The molecule has 2 heterocycles. The van der Waals surface area contributed by atoms with Crippen LogP contribution < -0.4 is 10.2 Å². The molecular formula is C13H21N3. The molecule has 0 radical (unpaired) electrons. The van der Waals surface area contributed by atoms with Gasteiger partial charge in [0.25, 0.3) is 0 Å². The number of hydrogen-bond donors (Lipinski definition) is 1. The van der Waals surface area contributed by atoms with Crippen LogP contribution in [-0.4, -0.2) is 31.2 Å². The maximum Gasteiger partial charge on any atom is 0.0582 e. The number of hydrogen-bond acceptors (Lipinski definition) is 3. The molecule has 1 saturated heterocycles. The number of nitrogens with zero attached hydrogens (tertiary/aromatic N) is 2. The number of aryl methyl sites for hydroxylation is 1. The summed E-state index contributed by atoms with van der Waals surface area (Å²) >= 11 is 0. The van der Waals surface area contributed by atoms with Crippen molar-refractivity contribution in [3.63, 3.8) is 0 Å². The molecule has 1 fully saturated rings. The maximum absolute atomic E-state index is 4.22. The van der Waals surface area contributed by atoms with E-state index in [0.29, 0.717) is 0 Å². The highest BCUT2D eigenvalue weighted by atomic mass is 15.2. The lowest BCUT2D eigenvalue weighted by molar-refractivity contribution is 0.528. The Hall–Kier alpha value is -1.09. The van der Waals surface area contributed by atoms with E-state index >= 15 is 0 Å². The molecule has 1 N–H and O–H groups in total. The standard InChI is InChI=1S/C13H21N3/c1-3-14-8-12-5-7-16(10-12)13-9-15-6-4-11(13)2/h4,6,9,12,14H,3,5,7-8,10H2,1-2H3. The van der Waals surface area contributed by atoms with Crippen LogP contribution in [0.5, 0.6) is 0 Å². The van der Waals surface area contributed by atoms with E-state index in [1.807, 2.05) is 12.4 Å². The molecule has 0 bridgehead atoms. The fraction of sp³-hybridized carbons (Fsp3) is 0.615. The predicted octanol–water partition coefficient (Wildman–Crippen LogP) is 1.83. The van der Waals surface area contributed by atoms with E-state index in [9.17, 15) is 0 Å². The summed E-state index contributed by atoms with van der Waals surface area (Å²) in [6.45, 7) is 8.88. The topological polar surface area (TPSA) is 28.2 Å². The Morgan fingerprint density at radius 1 is 1.56 bits per heavy atom. The lowest BCUT2D eigenvalue weighted by atomic mass is 10.1. The van der Waals surface area contributed by atoms with E-state index < -0.39 is 0 Å². The van der Waals surface area contributed by atoms with Gasteiger partial charge in [-0.1, -0.05) is 6.92 Å². The quantitative estimate of drug-likeness (QED) is 0.837. The number of rotatable bonds is 4. The summed E-state index contributed by atoms with van der Waals surface area (Å²) < 4.78 is 0. The first-order chi connectivity index (χ1) is 7.81. The summed E-state index contributed by atoms with van der Waals surface area (Å²) in [6, 6.07) is 2.09. The molecule has 1 unspecified atom stereocenters. The Labute approximate surface area is 97.9 Å². The number of nitrogens with one attached hydrogen (secondary N) is 1. The second kappa shape index (κ2) is 5.30. The number of pyridine rings is 1. The van der Waals surface area contributed by atoms with E-state index in [1.54, 1.807) is 0 Å². The molecule has 88 valence electrons. The Bertz CT molecular complexity index is 338. The Morgan fingerprint density at radius 2 is 2.44 bits per heavy atom. The van der Waals surface area contributed by atoms with Crippen molar-refractivity contribution in [2.45, 2.75) is 20.3 Å². The summed E-state index contributed by atoms with van der Waals surface area (Å²) in [7, 11) is 0. The molecule has 3 nitrogen and oxygen atoms in total. The molecular weight excluding hydrogens is 198 g/mol. The molecule has 0 amide bonds. The Balaban J connectivity index is 1.96. The van der Waals surface area contributed by atoms with Crippen LogP contribution in [0.1, 0.15) is 18.9 Å². The molecule has 0 saturated carbocycles. The predicted molar refractivity (Wildman–Crippen MR) is 67.8 cm³/mol. The Kier molecular flexibility index (Phi) is 3.78. The third-order valence-electron chi connectivity index (χ3n) is 3.32. The summed E-state index contributed by atoms with van der Waals surface area (Å²) in [4.78, 5) is 6.68. The van der Waals surface area contributed by atoms with Gasteiger partial charge in [0.15, 0.2) is 0 Å². The van der Waals surface area contributed by atoms with Gasteiger partial charge < -0.3 is 10.2 Å². The van der Waals surface area contributed by atoms with Gasteiger partial charge in [-0.05, 0) is 44.0 Å². The van der Waals surface area contributed by atoms with Gasteiger partial charge in [0.1, 0.15) is 0 Å². The molecule has 2 rings (SSSR count). The van der Waals surface area contributed by atoms with Crippen LogP contribution >= 0.6 is 0 Å². The van der Waals surface area contributed by atoms with E-state index in [1.165, 1.54) is 30.8 Å². The van der Waals surface area contributed by atoms with Gasteiger partial charge >= 0.3 is 0 Å². The zero-order valence-corrected chi connectivity index (χ0v) is 10.2. The monoisotopic (exact) mass is 219 g/mol. The highest BCUT2D eigenvalue weighted by Gasteiger charge is 2.22. The third kappa shape index (κ3) is 2.53. The Morgan fingerprint density at radius 3 is 3.19 bits per heavy atom. The second-order valence-electron chi connectivity index (χ2n) is 4.57. The normalized spacial score (nSPS) is 20.4. The molecule has 1 aliphatic rings. The van der Waals surface area contributed by atoms with Crippen LogP contribution in [0, 0.1) is 12.8 Å². The van der Waals surface area contributed by atoms with E-state index in [2.05, 4.69) is 35.1 Å². The van der Waals surface area contributed by atoms with Gasteiger partial charge in [0.05, 0.1) is 11.9 Å². The summed E-state index contributed by atoms with van der Waals surface area (Å²) in [6.07, 6.45) is 5.15. The van der Waals surface area contributed by atoms with Gasteiger partial charge in [-0.3, -0.25) is 4.98 Å². The van der Waals surface area contributed by atoms with Gasteiger partial charge in [-0.2, -0.15) is 0 Å². The van der Waals surface area contributed by atoms with Crippen LogP contribution in [0.15, 0.2) is 18.5 Å². The van der Waals surface area contributed by atoms with Crippen molar-refractivity contribution >= 4 is 5.69 Å². The minimum Gasteiger partial charge on any atom is -0.370 e. The molecule has 16 heavy (non-hydrogen) atoms. The molecule has 1 aromatic heterocycles. The van der Waals surface area contributed by atoms with Crippen molar-refractivity contribution in [1.29, 1.82) is 0 Å². The third-order valence-corrected chi connectivity index (χ3v) is 3.32. The second-order valence-corrected chi connectivity index (χ2v) is 4.57. The van der Waals surface area contributed by atoms with E-state index in [4.69, 9.17) is 0 Å². The minimum atomic E-state index is 0.791. The molecule has 0 aromatic carbocycles. The molecule has 1 atom stereocenters. The van der Waals surface area contributed by atoms with Crippen molar-refractivity contribution in [1.82, 2.24) is 10.3 Å². The fourth-order valence-corrected chi connectivity index (χ4v) is 2.35. The lowest BCUT2D eigenvalue weighted by Crippen LogP contribution is -2.26. The van der Waals surface area contributed by atoms with Crippen LogP contribution in [0.25, 0.3) is 0 Å². The summed E-state index contributed by atoms with van der Waals surface area (Å²) in [5, 5.41) is 3.43. The van der Waals surface area contributed by atoms with Crippen LogP contribution in [0.3, 0.4) is 0 Å². The first kappa shape index (κ1) is 11.4. The molecule has 1 aliphatic heterocycles. The zero-order chi connectivity index (χ0) is 11.4. The summed E-state index contributed by atoms with van der Waals surface area (Å²) in [5.41, 5.74) is 2.64. The smallest absolute Gasteiger partial charge is 0.0582 e. The molecule has 0 spiro atoms.